The fourth-order valence-electron chi connectivity index (χ4n) is 5.01. The van der Waals surface area contributed by atoms with Crippen molar-refractivity contribution >= 4 is 17.7 Å². The Morgan fingerprint density at radius 2 is 2.08 bits per heavy atom. The summed E-state index contributed by atoms with van der Waals surface area (Å²) in [6.45, 7) is 0.422. The Kier molecular flexibility index (Phi) is 9.58. The lowest BCUT2D eigenvalue weighted by molar-refractivity contribution is -0.231. The number of methoxy groups -OCH3 is 1. The van der Waals surface area contributed by atoms with Crippen molar-refractivity contribution in [3.63, 3.8) is 0 Å². The molecule has 216 valence electrons. The number of hydrogen-bond donors (Lipinski definition) is 6. The number of amides is 3. The van der Waals surface area contributed by atoms with Crippen LogP contribution in [0.15, 0.2) is 35.8 Å². The van der Waals surface area contributed by atoms with Gasteiger partial charge < -0.3 is 55.5 Å². The molecule has 1 unspecified atom stereocenters. The molecule has 7 N–H and O–H groups in total. The summed E-state index contributed by atoms with van der Waals surface area (Å²) < 4.78 is 22.5. The Hall–Kier alpha value is -3.01. The third-order valence-corrected chi connectivity index (χ3v) is 7.07. The van der Waals surface area contributed by atoms with Crippen molar-refractivity contribution < 1.29 is 48.7 Å². The largest absolute Gasteiger partial charge is 0.457 e. The van der Waals surface area contributed by atoms with Crippen LogP contribution in [0.4, 0.5) is 0 Å². The van der Waals surface area contributed by atoms with Gasteiger partial charge in [-0.05, 0) is 38.2 Å². The standard InChI is InChI=1S/C25H36N4O10/c1-36-18-17(32)23(29-12-10-16(31)28-25(29)35)38-19(18)20(21(26)33)39-24-14(30)7-8-15(37-24)22(34)27-11-9-13-5-3-2-4-6-13/h5,8,10,12,14,17-20,23-25,30,32,35H,2-4,6-7,9,11H2,1H3,(H2,26,33)(H,27,34)(H,28,31)/t14-,17+,18-,19-,20+,23+,24+,25?/m0/s1. The number of carbonyl (C=O) groups excluding carboxylic acids is 3. The molecule has 3 aliphatic heterocycles. The van der Waals surface area contributed by atoms with E-state index in [4.69, 9.17) is 24.7 Å². The number of ether oxygens (including phenoxy) is 4. The first kappa shape index (κ1) is 29.0. The zero-order valence-electron chi connectivity index (χ0n) is 21.6. The van der Waals surface area contributed by atoms with E-state index in [9.17, 15) is 29.7 Å². The van der Waals surface area contributed by atoms with E-state index in [-0.39, 0.29) is 12.2 Å². The highest BCUT2D eigenvalue weighted by molar-refractivity contribution is 5.91. The molecule has 1 saturated heterocycles. The number of carbonyl (C=O) groups is 3. The third-order valence-electron chi connectivity index (χ3n) is 7.07. The molecule has 14 heteroatoms. The fraction of sp³-hybridized carbons (Fsp3) is 0.640. The quantitative estimate of drug-likeness (QED) is 0.167. The van der Waals surface area contributed by atoms with Gasteiger partial charge in [0.05, 0.1) is 0 Å². The lowest BCUT2D eigenvalue weighted by atomic mass is 9.97. The maximum absolute atomic E-state index is 12.7. The number of nitrogens with one attached hydrogen (secondary N) is 2. The summed E-state index contributed by atoms with van der Waals surface area (Å²) in [5.41, 5.74) is 6.90. The van der Waals surface area contributed by atoms with E-state index in [0.29, 0.717) is 6.54 Å². The second-order valence-corrected chi connectivity index (χ2v) is 9.76. The van der Waals surface area contributed by atoms with Gasteiger partial charge >= 0.3 is 0 Å². The number of hydrogen-bond acceptors (Lipinski definition) is 11. The van der Waals surface area contributed by atoms with Crippen LogP contribution in [0.3, 0.4) is 0 Å². The van der Waals surface area contributed by atoms with Gasteiger partial charge in [0.15, 0.2) is 18.1 Å². The summed E-state index contributed by atoms with van der Waals surface area (Å²) in [5, 5.41) is 36.6. The van der Waals surface area contributed by atoms with Gasteiger partial charge in [-0.3, -0.25) is 14.4 Å². The molecule has 0 aromatic heterocycles. The Labute approximate surface area is 225 Å². The predicted octanol–water partition coefficient (Wildman–Crippen LogP) is -1.82. The van der Waals surface area contributed by atoms with Crippen molar-refractivity contribution in [2.24, 2.45) is 5.73 Å². The molecule has 0 aromatic carbocycles. The Bertz CT molecular complexity index is 1020. The highest BCUT2D eigenvalue weighted by Gasteiger charge is 2.53. The molecule has 39 heavy (non-hydrogen) atoms. The lowest BCUT2D eigenvalue weighted by Crippen LogP contribution is -2.55. The van der Waals surface area contributed by atoms with Gasteiger partial charge in [0.1, 0.15) is 24.4 Å². The minimum Gasteiger partial charge on any atom is -0.457 e. The minimum absolute atomic E-state index is 0.0129. The molecule has 0 saturated carbocycles. The molecular formula is C25H36N4O10. The molecule has 4 aliphatic rings. The van der Waals surface area contributed by atoms with E-state index in [2.05, 4.69) is 16.7 Å². The average Bonchev–Trinajstić information content (AvgIpc) is 3.23. The Balaban J connectivity index is 1.40. The minimum atomic E-state index is -1.59. The van der Waals surface area contributed by atoms with Crippen LogP contribution in [0.25, 0.3) is 0 Å². The molecule has 3 amide bonds. The van der Waals surface area contributed by atoms with Crippen LogP contribution in [0.5, 0.6) is 0 Å². The van der Waals surface area contributed by atoms with Crippen LogP contribution in [0.2, 0.25) is 0 Å². The molecule has 3 heterocycles. The molecule has 4 rings (SSSR count). The number of rotatable bonds is 10. The molecule has 1 aliphatic carbocycles. The normalized spacial score (nSPS) is 33.5. The summed E-state index contributed by atoms with van der Waals surface area (Å²) in [6.07, 6.45) is 0.215. The van der Waals surface area contributed by atoms with E-state index < -0.39 is 67.1 Å². The first-order valence-corrected chi connectivity index (χ1v) is 13.0. The third kappa shape index (κ3) is 6.77. The maximum Gasteiger partial charge on any atom is 0.286 e. The van der Waals surface area contributed by atoms with Crippen molar-refractivity contribution in [1.82, 2.24) is 15.5 Å². The summed E-state index contributed by atoms with van der Waals surface area (Å²) in [7, 11) is 1.27. The van der Waals surface area contributed by atoms with Crippen LogP contribution in [0.1, 0.15) is 38.5 Å². The van der Waals surface area contributed by atoms with Crippen molar-refractivity contribution in [3.8, 4) is 0 Å². The topological polar surface area (TPSA) is 202 Å². The molecular weight excluding hydrogens is 516 g/mol. The van der Waals surface area contributed by atoms with Gasteiger partial charge in [-0.2, -0.15) is 0 Å². The molecule has 0 bridgehead atoms. The number of nitrogens with zero attached hydrogens (tertiary/aromatic N) is 1. The van der Waals surface area contributed by atoms with Gasteiger partial charge in [-0.25, -0.2) is 0 Å². The molecule has 14 nitrogen and oxygen atoms in total. The van der Waals surface area contributed by atoms with E-state index in [1.165, 1.54) is 31.4 Å². The molecule has 0 aromatic rings. The SMILES string of the molecule is CO[C@H]1[C@@H](O)[C@H](N2C=CC(=O)NC2O)O[C@@H]1[C@@H](O[C@H]1OC(C(=O)NCCC2=CCCCC2)=CC[C@@H]1O)C(N)=O. The Morgan fingerprint density at radius 3 is 2.74 bits per heavy atom. The molecule has 0 radical (unpaired) electrons. The van der Waals surface area contributed by atoms with Crippen molar-refractivity contribution in [1.29, 1.82) is 0 Å². The van der Waals surface area contributed by atoms with Crippen molar-refractivity contribution in [3.05, 3.63) is 35.8 Å². The summed E-state index contributed by atoms with van der Waals surface area (Å²) in [6, 6.07) is 0. The number of primary amides is 1. The van der Waals surface area contributed by atoms with Crippen molar-refractivity contribution in [2.45, 2.75) is 87.9 Å². The monoisotopic (exact) mass is 552 g/mol. The van der Waals surface area contributed by atoms with Gasteiger partial charge in [0, 0.05) is 32.4 Å². The highest BCUT2D eigenvalue weighted by Crippen LogP contribution is 2.32. The Morgan fingerprint density at radius 1 is 1.28 bits per heavy atom. The predicted molar refractivity (Wildman–Crippen MR) is 132 cm³/mol. The van der Waals surface area contributed by atoms with E-state index in [0.717, 1.165) is 36.7 Å². The number of allylic oxidation sites excluding steroid dienone is 1. The summed E-state index contributed by atoms with van der Waals surface area (Å²) in [5.74, 6) is -2.11. The average molecular weight is 553 g/mol. The highest BCUT2D eigenvalue weighted by atomic mass is 16.7. The van der Waals surface area contributed by atoms with Crippen molar-refractivity contribution in [2.75, 3.05) is 13.7 Å². The van der Waals surface area contributed by atoms with Crippen LogP contribution in [0, 0.1) is 0 Å². The number of aliphatic hydroxyl groups excluding tert-OH is 3. The van der Waals surface area contributed by atoms with Crippen LogP contribution < -0.4 is 16.4 Å². The van der Waals surface area contributed by atoms with Gasteiger partial charge in [0.2, 0.25) is 24.5 Å². The van der Waals surface area contributed by atoms with Gasteiger partial charge in [0.25, 0.3) is 5.91 Å². The van der Waals surface area contributed by atoms with Crippen LogP contribution in [-0.2, 0) is 33.3 Å². The number of aliphatic hydroxyl groups is 3. The van der Waals surface area contributed by atoms with Gasteiger partial charge in [-0.1, -0.05) is 11.6 Å². The first-order chi connectivity index (χ1) is 18.7. The summed E-state index contributed by atoms with van der Waals surface area (Å²) in [4.78, 5) is 37.7. The zero-order valence-corrected chi connectivity index (χ0v) is 21.6. The lowest BCUT2D eigenvalue weighted by Gasteiger charge is -2.35. The molecule has 1 fully saturated rings. The second kappa shape index (κ2) is 12.9. The van der Waals surface area contributed by atoms with Crippen LogP contribution in [-0.4, -0.2) is 101 Å². The second-order valence-electron chi connectivity index (χ2n) is 9.76. The van der Waals surface area contributed by atoms with Crippen LogP contribution >= 0.6 is 0 Å². The van der Waals surface area contributed by atoms with E-state index in [1.54, 1.807) is 0 Å². The fourth-order valence-corrected chi connectivity index (χ4v) is 5.01. The molecule has 8 atom stereocenters. The number of nitrogens with two attached hydrogens (primary N) is 1. The summed E-state index contributed by atoms with van der Waals surface area (Å²) >= 11 is 0. The van der Waals surface area contributed by atoms with E-state index in [1.807, 2.05) is 0 Å². The molecule has 0 spiro atoms. The smallest absolute Gasteiger partial charge is 0.286 e. The zero-order chi connectivity index (χ0) is 28.1. The van der Waals surface area contributed by atoms with Gasteiger partial charge in [-0.15, -0.1) is 0 Å². The van der Waals surface area contributed by atoms with E-state index >= 15 is 0 Å². The first-order valence-electron chi connectivity index (χ1n) is 13.0. The maximum atomic E-state index is 12.7.